The second kappa shape index (κ2) is 6.94. The van der Waals surface area contributed by atoms with Crippen LogP contribution >= 0.6 is 0 Å². The van der Waals surface area contributed by atoms with Gasteiger partial charge < -0.3 is 15.2 Å². The number of hydrogen-bond acceptors (Lipinski definition) is 3. The summed E-state index contributed by atoms with van der Waals surface area (Å²) >= 11 is 0. The zero-order valence-corrected chi connectivity index (χ0v) is 8.37. The minimum atomic E-state index is -0.919. The van der Waals surface area contributed by atoms with Crippen LogP contribution in [0.5, 0.6) is 0 Å². The lowest BCUT2D eigenvalue weighted by molar-refractivity contribution is -0.132. The number of aliphatic carboxylic acids is 1. The van der Waals surface area contributed by atoms with Crippen molar-refractivity contribution in [2.75, 3.05) is 13.7 Å². The third-order valence-electron chi connectivity index (χ3n) is 1.57. The van der Waals surface area contributed by atoms with E-state index in [4.69, 9.17) is 9.84 Å². The van der Waals surface area contributed by atoms with Gasteiger partial charge >= 0.3 is 12.1 Å². The third-order valence-corrected chi connectivity index (χ3v) is 1.57. The van der Waals surface area contributed by atoms with Crippen molar-refractivity contribution in [1.82, 2.24) is 5.32 Å². The molecule has 0 spiro atoms. The lowest BCUT2D eigenvalue weighted by Crippen LogP contribution is -2.19. The van der Waals surface area contributed by atoms with Gasteiger partial charge in [-0.2, -0.15) is 0 Å². The van der Waals surface area contributed by atoms with E-state index in [1.807, 2.05) is 0 Å². The van der Waals surface area contributed by atoms with Gasteiger partial charge in [-0.15, -0.1) is 0 Å². The fraction of sp³-hybridized carbons (Fsp3) is 0.556. The molecule has 5 heteroatoms. The molecule has 0 saturated carbocycles. The largest absolute Gasteiger partial charge is 0.478 e. The average Bonchev–Trinajstić information content (AvgIpc) is 2.16. The number of rotatable bonds is 5. The quantitative estimate of drug-likeness (QED) is 0.517. The molecular weight excluding hydrogens is 186 g/mol. The zero-order chi connectivity index (χ0) is 11.0. The number of unbranched alkanes of at least 4 members (excludes halogenated alkanes) is 1. The van der Waals surface area contributed by atoms with Gasteiger partial charge in [-0.25, -0.2) is 9.59 Å². The second-order valence-electron chi connectivity index (χ2n) is 2.72. The molecule has 0 atom stereocenters. The van der Waals surface area contributed by atoms with E-state index in [9.17, 15) is 9.59 Å². The summed E-state index contributed by atoms with van der Waals surface area (Å²) in [4.78, 5) is 20.9. The molecule has 0 aliphatic rings. The predicted molar refractivity (Wildman–Crippen MR) is 51.0 cm³/mol. The molecule has 0 aliphatic carbocycles. The maximum Gasteiger partial charge on any atom is 0.406 e. The van der Waals surface area contributed by atoms with Crippen LogP contribution in [0.25, 0.3) is 0 Å². The molecular formula is C9H15NO4. The number of carboxylic acids is 1. The monoisotopic (exact) mass is 201 g/mol. The summed E-state index contributed by atoms with van der Waals surface area (Å²) in [6.07, 6.45) is 2.35. The van der Waals surface area contributed by atoms with Gasteiger partial charge in [0.1, 0.15) is 0 Å². The first-order valence-corrected chi connectivity index (χ1v) is 4.32. The van der Waals surface area contributed by atoms with E-state index in [-0.39, 0.29) is 0 Å². The minimum absolute atomic E-state index is 0.295. The Labute approximate surface area is 82.7 Å². The van der Waals surface area contributed by atoms with Crippen molar-refractivity contribution in [2.24, 2.45) is 0 Å². The Balaban J connectivity index is 3.51. The number of amides is 1. The van der Waals surface area contributed by atoms with Crippen molar-refractivity contribution in [2.45, 2.75) is 19.8 Å². The number of alkyl carbamates (subject to hydrolysis) is 1. The zero-order valence-electron chi connectivity index (χ0n) is 8.37. The van der Waals surface area contributed by atoms with E-state index in [1.165, 1.54) is 14.0 Å². The summed E-state index contributed by atoms with van der Waals surface area (Å²) < 4.78 is 4.71. The molecule has 0 aromatic carbocycles. The minimum Gasteiger partial charge on any atom is -0.478 e. The molecule has 0 aliphatic heterocycles. The lowest BCUT2D eigenvalue weighted by atomic mass is 10.2. The van der Waals surface area contributed by atoms with Gasteiger partial charge in [-0.05, 0) is 19.8 Å². The summed E-state index contributed by atoms with van der Waals surface area (Å²) in [5, 5.41) is 10.8. The van der Waals surface area contributed by atoms with Crippen molar-refractivity contribution < 1.29 is 19.4 Å². The van der Waals surface area contributed by atoms with Crippen LogP contribution in [0.4, 0.5) is 4.79 Å². The molecule has 14 heavy (non-hydrogen) atoms. The van der Waals surface area contributed by atoms with Crippen molar-refractivity contribution in [3.05, 3.63) is 11.6 Å². The molecule has 5 nitrogen and oxygen atoms in total. The van der Waals surface area contributed by atoms with E-state index >= 15 is 0 Å². The highest BCUT2D eigenvalue weighted by molar-refractivity contribution is 5.85. The molecule has 80 valence electrons. The molecule has 0 heterocycles. The van der Waals surface area contributed by atoms with Gasteiger partial charge in [-0.1, -0.05) is 6.08 Å². The first kappa shape index (κ1) is 12.5. The first-order valence-electron chi connectivity index (χ1n) is 4.32. The highest BCUT2D eigenvalue weighted by Gasteiger charge is 1.99. The van der Waals surface area contributed by atoms with Gasteiger partial charge in [0.05, 0.1) is 6.61 Å². The van der Waals surface area contributed by atoms with E-state index in [1.54, 1.807) is 6.08 Å². The highest BCUT2D eigenvalue weighted by Crippen LogP contribution is 1.98. The Morgan fingerprint density at radius 2 is 2.14 bits per heavy atom. The van der Waals surface area contributed by atoms with Crippen LogP contribution in [0.3, 0.4) is 0 Å². The van der Waals surface area contributed by atoms with Crippen molar-refractivity contribution >= 4 is 12.1 Å². The van der Waals surface area contributed by atoms with Gasteiger partial charge in [0.15, 0.2) is 0 Å². The van der Waals surface area contributed by atoms with Gasteiger partial charge in [0.2, 0.25) is 0 Å². The van der Waals surface area contributed by atoms with Crippen LogP contribution in [0.2, 0.25) is 0 Å². The molecule has 2 N–H and O–H groups in total. The molecule has 0 rings (SSSR count). The topological polar surface area (TPSA) is 75.6 Å². The van der Waals surface area contributed by atoms with Crippen LogP contribution in [0.1, 0.15) is 19.8 Å². The van der Waals surface area contributed by atoms with E-state index < -0.39 is 12.1 Å². The normalized spacial score (nSPS) is 10.9. The predicted octanol–water partition coefficient (Wildman–Crippen LogP) is 1.15. The SMILES string of the molecule is CNC(=O)OCCC/C=C(\C)C(=O)O. The van der Waals surface area contributed by atoms with E-state index in [0.717, 1.165) is 0 Å². The smallest absolute Gasteiger partial charge is 0.406 e. The molecule has 1 amide bonds. The van der Waals surface area contributed by atoms with E-state index in [2.05, 4.69) is 5.32 Å². The Morgan fingerprint density at radius 3 is 2.64 bits per heavy atom. The molecule has 0 aromatic rings. The van der Waals surface area contributed by atoms with E-state index in [0.29, 0.717) is 25.0 Å². The van der Waals surface area contributed by atoms with Crippen LogP contribution < -0.4 is 5.32 Å². The Hall–Kier alpha value is -1.52. The molecule has 0 fully saturated rings. The van der Waals surface area contributed by atoms with Crippen molar-refractivity contribution in [1.29, 1.82) is 0 Å². The summed E-state index contributed by atoms with van der Waals surface area (Å²) in [6.45, 7) is 1.82. The first-order chi connectivity index (χ1) is 6.57. The number of carbonyl (C=O) groups excluding carboxylic acids is 1. The maximum absolute atomic E-state index is 10.6. The van der Waals surface area contributed by atoms with Gasteiger partial charge in [-0.3, -0.25) is 0 Å². The number of ether oxygens (including phenoxy) is 1. The fourth-order valence-electron chi connectivity index (χ4n) is 0.726. The number of nitrogens with one attached hydrogen (secondary N) is 1. The Kier molecular flexibility index (Phi) is 6.19. The molecule has 0 saturated heterocycles. The van der Waals surface area contributed by atoms with Gasteiger partial charge in [0, 0.05) is 12.6 Å². The van der Waals surface area contributed by atoms with Gasteiger partial charge in [0.25, 0.3) is 0 Å². The highest BCUT2D eigenvalue weighted by atomic mass is 16.5. The second-order valence-corrected chi connectivity index (χ2v) is 2.72. The standard InChI is InChI=1S/C9H15NO4/c1-7(8(11)12)5-3-4-6-14-9(13)10-2/h5H,3-4,6H2,1-2H3,(H,10,13)(H,11,12)/b7-5+. The average molecular weight is 201 g/mol. The molecule has 0 unspecified atom stereocenters. The third kappa shape index (κ3) is 6.05. The summed E-state index contributed by atoms with van der Waals surface area (Å²) in [5.74, 6) is -0.919. The number of carbonyl (C=O) groups is 2. The summed E-state index contributed by atoms with van der Waals surface area (Å²) in [5.41, 5.74) is 0.310. The molecule has 0 radical (unpaired) electrons. The Bertz CT molecular complexity index is 235. The fourth-order valence-corrected chi connectivity index (χ4v) is 0.726. The maximum atomic E-state index is 10.6. The van der Waals surface area contributed by atoms with Crippen LogP contribution in [-0.4, -0.2) is 30.8 Å². The van der Waals surface area contributed by atoms with Crippen LogP contribution in [-0.2, 0) is 9.53 Å². The number of allylic oxidation sites excluding steroid dienone is 1. The summed E-state index contributed by atoms with van der Waals surface area (Å²) in [7, 11) is 1.48. The van der Waals surface area contributed by atoms with Crippen molar-refractivity contribution in [3.63, 3.8) is 0 Å². The molecule has 0 bridgehead atoms. The summed E-state index contributed by atoms with van der Waals surface area (Å²) in [6, 6.07) is 0. The number of hydrogen-bond donors (Lipinski definition) is 2. The van der Waals surface area contributed by atoms with Crippen LogP contribution in [0, 0.1) is 0 Å². The van der Waals surface area contributed by atoms with Crippen molar-refractivity contribution in [3.8, 4) is 0 Å². The lowest BCUT2D eigenvalue weighted by Gasteiger charge is -2.01. The molecule has 0 aromatic heterocycles. The van der Waals surface area contributed by atoms with Crippen LogP contribution in [0.15, 0.2) is 11.6 Å². The number of carboxylic acid groups (broad SMARTS) is 1. The Morgan fingerprint density at radius 1 is 1.50 bits per heavy atom.